The van der Waals surface area contributed by atoms with Gasteiger partial charge in [-0.25, -0.2) is 4.79 Å². The largest absolute Gasteiger partial charge is 0.479 e. The zero-order chi connectivity index (χ0) is 17.5. The van der Waals surface area contributed by atoms with Crippen molar-refractivity contribution < 1.29 is 19.1 Å². The van der Waals surface area contributed by atoms with Crippen LogP contribution in [0.4, 0.5) is 5.69 Å². The second kappa shape index (κ2) is 8.57. The number of rotatable bonds is 6. The molecule has 7 heteroatoms. The lowest BCUT2D eigenvalue weighted by molar-refractivity contribution is -0.153. The Morgan fingerprint density at radius 2 is 1.54 bits per heavy atom. The maximum atomic E-state index is 11.8. The van der Waals surface area contributed by atoms with Gasteiger partial charge in [0.1, 0.15) is 5.75 Å². The summed E-state index contributed by atoms with van der Waals surface area (Å²) in [6, 6.07) is 13.2. The van der Waals surface area contributed by atoms with Gasteiger partial charge in [-0.15, -0.1) is 0 Å². The van der Waals surface area contributed by atoms with Gasteiger partial charge >= 0.3 is 5.97 Å². The van der Waals surface area contributed by atoms with Gasteiger partial charge in [-0.2, -0.15) is 0 Å². The SMILES string of the molecule is C[C@@H](Oc1ccc(Cl)cc1)C(=O)OCC(=O)Nc1ccc(Cl)cc1. The van der Waals surface area contributed by atoms with Crippen LogP contribution in [-0.4, -0.2) is 24.6 Å². The highest BCUT2D eigenvalue weighted by Crippen LogP contribution is 2.17. The lowest BCUT2D eigenvalue weighted by Gasteiger charge is -2.14. The predicted octanol–water partition coefficient (Wildman–Crippen LogP) is 3.94. The number of benzene rings is 2. The van der Waals surface area contributed by atoms with Crippen molar-refractivity contribution in [2.45, 2.75) is 13.0 Å². The number of amides is 1. The van der Waals surface area contributed by atoms with Crippen molar-refractivity contribution in [1.29, 1.82) is 0 Å². The molecule has 0 radical (unpaired) electrons. The standard InChI is InChI=1S/C17H15Cl2NO4/c1-11(24-15-8-4-13(19)5-9-15)17(22)23-10-16(21)20-14-6-2-12(18)3-7-14/h2-9,11H,10H2,1H3,(H,20,21)/t11-/m1/s1. The molecule has 0 saturated heterocycles. The van der Waals surface area contributed by atoms with Crippen molar-refractivity contribution in [3.63, 3.8) is 0 Å². The molecule has 5 nitrogen and oxygen atoms in total. The summed E-state index contributed by atoms with van der Waals surface area (Å²) >= 11 is 11.5. The number of hydrogen-bond donors (Lipinski definition) is 1. The van der Waals surface area contributed by atoms with E-state index in [1.807, 2.05) is 0 Å². The van der Waals surface area contributed by atoms with Gasteiger partial charge in [0.2, 0.25) is 0 Å². The Morgan fingerprint density at radius 1 is 1.00 bits per heavy atom. The van der Waals surface area contributed by atoms with E-state index in [-0.39, 0.29) is 0 Å². The number of carbonyl (C=O) groups is 2. The summed E-state index contributed by atoms with van der Waals surface area (Å²) in [5.41, 5.74) is 0.561. The Kier molecular flexibility index (Phi) is 6.46. The maximum absolute atomic E-state index is 11.8. The van der Waals surface area contributed by atoms with Gasteiger partial charge < -0.3 is 14.8 Å². The van der Waals surface area contributed by atoms with Gasteiger partial charge in [0.25, 0.3) is 5.91 Å². The van der Waals surface area contributed by atoms with E-state index in [0.29, 0.717) is 21.5 Å². The maximum Gasteiger partial charge on any atom is 0.347 e. The van der Waals surface area contributed by atoms with E-state index in [2.05, 4.69) is 5.32 Å². The van der Waals surface area contributed by atoms with Crippen LogP contribution in [0.15, 0.2) is 48.5 Å². The van der Waals surface area contributed by atoms with Crippen molar-refractivity contribution >= 4 is 40.8 Å². The monoisotopic (exact) mass is 367 g/mol. The fourth-order valence-electron chi connectivity index (χ4n) is 1.75. The van der Waals surface area contributed by atoms with Crippen LogP contribution in [0.25, 0.3) is 0 Å². The zero-order valence-electron chi connectivity index (χ0n) is 12.8. The van der Waals surface area contributed by atoms with Gasteiger partial charge in [-0.1, -0.05) is 23.2 Å². The molecule has 0 aliphatic heterocycles. The second-order valence-electron chi connectivity index (χ2n) is 4.88. The van der Waals surface area contributed by atoms with E-state index < -0.39 is 24.6 Å². The molecule has 126 valence electrons. The normalized spacial score (nSPS) is 11.5. The Labute approximate surface area is 149 Å². The van der Waals surface area contributed by atoms with Crippen molar-refractivity contribution in [3.05, 3.63) is 58.6 Å². The third-order valence-electron chi connectivity index (χ3n) is 2.93. The van der Waals surface area contributed by atoms with Crippen molar-refractivity contribution in [3.8, 4) is 5.75 Å². The third-order valence-corrected chi connectivity index (χ3v) is 3.44. The van der Waals surface area contributed by atoms with E-state index >= 15 is 0 Å². The van der Waals surface area contributed by atoms with E-state index in [9.17, 15) is 9.59 Å². The molecule has 24 heavy (non-hydrogen) atoms. The van der Waals surface area contributed by atoms with Gasteiger partial charge in [-0.3, -0.25) is 4.79 Å². The number of hydrogen-bond acceptors (Lipinski definition) is 4. The van der Waals surface area contributed by atoms with E-state index in [0.717, 1.165) is 0 Å². The molecule has 0 aromatic heterocycles. The van der Waals surface area contributed by atoms with Gasteiger partial charge in [0.05, 0.1) is 0 Å². The van der Waals surface area contributed by atoms with Crippen LogP contribution in [0.5, 0.6) is 5.75 Å². The highest BCUT2D eigenvalue weighted by molar-refractivity contribution is 6.30. The average molecular weight is 368 g/mol. The zero-order valence-corrected chi connectivity index (χ0v) is 14.3. The number of esters is 1. The summed E-state index contributed by atoms with van der Waals surface area (Å²) in [5.74, 6) is -0.616. The molecule has 0 spiro atoms. The van der Waals surface area contributed by atoms with Crippen LogP contribution in [0.1, 0.15) is 6.92 Å². The molecule has 1 N–H and O–H groups in total. The van der Waals surface area contributed by atoms with Crippen molar-refractivity contribution in [2.24, 2.45) is 0 Å². The van der Waals surface area contributed by atoms with Crippen LogP contribution >= 0.6 is 23.2 Å². The first-order chi connectivity index (χ1) is 11.4. The quantitative estimate of drug-likeness (QED) is 0.785. The van der Waals surface area contributed by atoms with Gasteiger partial charge in [-0.05, 0) is 55.5 Å². The lowest BCUT2D eigenvalue weighted by atomic mass is 10.3. The molecular weight excluding hydrogens is 353 g/mol. The lowest BCUT2D eigenvalue weighted by Crippen LogP contribution is -2.29. The molecule has 0 aliphatic carbocycles. The number of halogens is 2. The van der Waals surface area contributed by atoms with Crippen LogP contribution in [0.3, 0.4) is 0 Å². The Hall–Kier alpha value is -2.24. The summed E-state index contributed by atoms with van der Waals surface area (Å²) in [6.45, 7) is 1.13. The first-order valence-corrected chi connectivity index (χ1v) is 7.84. The minimum Gasteiger partial charge on any atom is -0.479 e. The van der Waals surface area contributed by atoms with Gasteiger partial charge in [0, 0.05) is 15.7 Å². The summed E-state index contributed by atoms with van der Waals surface area (Å²) in [6.07, 6.45) is -0.852. The topological polar surface area (TPSA) is 64.6 Å². The summed E-state index contributed by atoms with van der Waals surface area (Å²) < 4.78 is 10.3. The van der Waals surface area contributed by atoms with Crippen molar-refractivity contribution in [1.82, 2.24) is 0 Å². The van der Waals surface area contributed by atoms with E-state index in [1.165, 1.54) is 6.92 Å². The highest BCUT2D eigenvalue weighted by Gasteiger charge is 2.17. The summed E-state index contributed by atoms with van der Waals surface area (Å²) in [5, 5.41) is 3.72. The number of nitrogens with one attached hydrogen (secondary N) is 1. The molecule has 2 aromatic carbocycles. The second-order valence-corrected chi connectivity index (χ2v) is 5.75. The van der Waals surface area contributed by atoms with Crippen LogP contribution in [-0.2, 0) is 14.3 Å². The van der Waals surface area contributed by atoms with Crippen molar-refractivity contribution in [2.75, 3.05) is 11.9 Å². The van der Waals surface area contributed by atoms with E-state index in [4.69, 9.17) is 32.7 Å². The highest BCUT2D eigenvalue weighted by atomic mass is 35.5. The van der Waals surface area contributed by atoms with Crippen LogP contribution < -0.4 is 10.1 Å². The first-order valence-electron chi connectivity index (χ1n) is 7.08. The molecule has 0 heterocycles. The van der Waals surface area contributed by atoms with Gasteiger partial charge in [0.15, 0.2) is 12.7 Å². The Morgan fingerprint density at radius 3 is 2.12 bits per heavy atom. The fraction of sp³-hybridized carbons (Fsp3) is 0.176. The van der Waals surface area contributed by atoms with Crippen LogP contribution in [0, 0.1) is 0 Å². The molecule has 1 amide bonds. The fourth-order valence-corrected chi connectivity index (χ4v) is 2.00. The van der Waals surface area contributed by atoms with Crippen LogP contribution in [0.2, 0.25) is 10.0 Å². The first kappa shape index (κ1) is 18.1. The van der Waals surface area contributed by atoms with E-state index in [1.54, 1.807) is 48.5 Å². The molecule has 0 fully saturated rings. The molecular formula is C17H15Cl2NO4. The number of ether oxygens (including phenoxy) is 2. The molecule has 1 atom stereocenters. The summed E-state index contributed by atoms with van der Waals surface area (Å²) in [7, 11) is 0. The predicted molar refractivity (Wildman–Crippen MR) is 92.6 cm³/mol. The third kappa shape index (κ3) is 5.76. The Balaban J connectivity index is 1.77. The number of carbonyl (C=O) groups excluding carboxylic acids is 2. The summed E-state index contributed by atoms with van der Waals surface area (Å²) in [4.78, 5) is 23.6. The Bertz CT molecular complexity index is 702. The molecule has 2 aromatic rings. The molecule has 0 saturated carbocycles. The average Bonchev–Trinajstić information content (AvgIpc) is 2.57. The molecule has 0 aliphatic rings. The smallest absolute Gasteiger partial charge is 0.347 e. The minimum atomic E-state index is -0.852. The molecule has 0 bridgehead atoms. The number of anilines is 1. The molecule has 2 rings (SSSR count). The molecule has 0 unspecified atom stereocenters. The minimum absolute atomic E-state index is 0.407.